The van der Waals surface area contributed by atoms with Gasteiger partial charge >= 0.3 is 5.97 Å². The first kappa shape index (κ1) is 20.9. The molecule has 5 rings (SSSR count). The summed E-state index contributed by atoms with van der Waals surface area (Å²) in [7, 11) is 0. The molecule has 4 heterocycles. The molecule has 3 aromatic heterocycles. The van der Waals surface area contributed by atoms with Gasteiger partial charge in [-0.1, -0.05) is 18.2 Å². The summed E-state index contributed by atoms with van der Waals surface area (Å²) >= 11 is 1.56. The van der Waals surface area contributed by atoms with E-state index in [0.717, 1.165) is 16.2 Å². The minimum Gasteiger partial charge on any atom is -0.467 e. The van der Waals surface area contributed by atoms with E-state index < -0.39 is 18.5 Å². The van der Waals surface area contributed by atoms with Gasteiger partial charge in [-0.15, -0.1) is 11.3 Å². The van der Waals surface area contributed by atoms with Crippen molar-refractivity contribution in [2.75, 3.05) is 6.61 Å². The first-order chi connectivity index (χ1) is 16.2. The van der Waals surface area contributed by atoms with Crippen molar-refractivity contribution in [3.8, 4) is 0 Å². The molecule has 0 N–H and O–H groups in total. The molecule has 1 amide bonds. The summed E-state index contributed by atoms with van der Waals surface area (Å²) in [5.41, 5.74) is 2.18. The average molecular weight is 461 g/mol. The number of hydrogen-bond donors (Lipinski definition) is 0. The third kappa shape index (κ3) is 4.63. The number of amides is 1. The van der Waals surface area contributed by atoms with Crippen molar-refractivity contribution < 1.29 is 18.7 Å². The van der Waals surface area contributed by atoms with Crippen molar-refractivity contribution in [2.24, 2.45) is 5.10 Å². The zero-order valence-electron chi connectivity index (χ0n) is 17.5. The zero-order valence-corrected chi connectivity index (χ0v) is 18.4. The summed E-state index contributed by atoms with van der Waals surface area (Å²) in [4.78, 5) is 26.4. The summed E-state index contributed by atoms with van der Waals surface area (Å²) in [6.07, 6.45) is 5.68. The van der Waals surface area contributed by atoms with Crippen LogP contribution in [0.2, 0.25) is 0 Å². The number of hydrazone groups is 1. The average Bonchev–Trinajstić information content (AvgIpc) is 3.64. The molecule has 1 unspecified atom stereocenters. The fraction of sp³-hybridized carbons (Fsp3) is 0.167. The van der Waals surface area contributed by atoms with Crippen molar-refractivity contribution in [3.05, 3.63) is 100 Å². The Morgan fingerprint density at radius 2 is 2.00 bits per heavy atom. The Bertz CT molecular complexity index is 1250. The van der Waals surface area contributed by atoms with Crippen LogP contribution in [0, 0.1) is 0 Å². The van der Waals surface area contributed by atoms with Crippen molar-refractivity contribution in [1.29, 1.82) is 0 Å². The molecule has 166 valence electrons. The van der Waals surface area contributed by atoms with Gasteiger partial charge in [0.25, 0.3) is 5.91 Å². The number of rotatable bonds is 7. The topological polar surface area (TPSA) is 89.9 Å². The summed E-state index contributed by atoms with van der Waals surface area (Å²) < 4.78 is 12.6. The van der Waals surface area contributed by atoms with E-state index in [1.54, 1.807) is 46.7 Å². The maximum absolute atomic E-state index is 12.9. The Hall–Kier alpha value is -3.98. The molecule has 8 nitrogen and oxygen atoms in total. The first-order valence-corrected chi connectivity index (χ1v) is 11.3. The lowest BCUT2D eigenvalue weighted by Gasteiger charge is -2.19. The van der Waals surface area contributed by atoms with E-state index in [1.165, 1.54) is 5.01 Å². The SMILES string of the molecule is O=C(OCC(=O)N1N=C(c2cccs2)CC1c1ccco1)c1ccc(Cn2cccn2)cc1. The lowest BCUT2D eigenvalue weighted by atomic mass is 10.1. The molecule has 0 saturated heterocycles. The smallest absolute Gasteiger partial charge is 0.338 e. The number of hydrogen-bond acceptors (Lipinski definition) is 7. The Kier molecular flexibility index (Phi) is 5.86. The quantitative estimate of drug-likeness (QED) is 0.387. The number of carbonyl (C=O) groups is 2. The Morgan fingerprint density at radius 1 is 1.12 bits per heavy atom. The minimum absolute atomic E-state index is 0.370. The maximum Gasteiger partial charge on any atom is 0.338 e. The van der Waals surface area contributed by atoms with Crippen LogP contribution in [-0.4, -0.2) is 39.0 Å². The summed E-state index contributed by atoms with van der Waals surface area (Å²) in [6, 6.07) is 16.0. The molecule has 0 bridgehead atoms. The van der Waals surface area contributed by atoms with E-state index in [1.807, 2.05) is 48.0 Å². The van der Waals surface area contributed by atoms with E-state index in [0.29, 0.717) is 24.3 Å². The van der Waals surface area contributed by atoms with Gasteiger partial charge in [0.05, 0.1) is 29.0 Å². The van der Waals surface area contributed by atoms with Crippen LogP contribution in [-0.2, 0) is 16.1 Å². The Labute approximate surface area is 193 Å². The predicted molar refractivity (Wildman–Crippen MR) is 122 cm³/mol. The normalized spacial score (nSPS) is 15.5. The largest absolute Gasteiger partial charge is 0.467 e. The Morgan fingerprint density at radius 3 is 2.70 bits per heavy atom. The highest BCUT2D eigenvalue weighted by molar-refractivity contribution is 7.12. The van der Waals surface area contributed by atoms with Gasteiger partial charge in [-0.05, 0) is 47.3 Å². The second kappa shape index (κ2) is 9.25. The molecule has 0 aliphatic carbocycles. The van der Waals surface area contributed by atoms with E-state index in [9.17, 15) is 9.59 Å². The van der Waals surface area contributed by atoms with Crippen molar-refractivity contribution in [3.63, 3.8) is 0 Å². The standard InChI is InChI=1S/C24H20N4O4S/c29-23(16-32-24(30)18-8-6-17(7-9-18)15-27-11-3-10-25-27)28-20(21-4-1-12-31-21)14-19(26-28)22-5-2-13-33-22/h1-13,20H,14-16H2. The molecule has 1 aliphatic rings. The highest BCUT2D eigenvalue weighted by atomic mass is 32.1. The fourth-order valence-electron chi connectivity index (χ4n) is 3.64. The van der Waals surface area contributed by atoms with Crippen LogP contribution in [0.5, 0.6) is 0 Å². The van der Waals surface area contributed by atoms with Crippen molar-refractivity contribution >= 4 is 28.9 Å². The van der Waals surface area contributed by atoms with Gasteiger partial charge in [-0.25, -0.2) is 9.80 Å². The molecule has 33 heavy (non-hydrogen) atoms. The van der Waals surface area contributed by atoms with Crippen LogP contribution >= 0.6 is 11.3 Å². The van der Waals surface area contributed by atoms with Crippen LogP contribution in [0.25, 0.3) is 0 Å². The molecule has 1 aliphatic heterocycles. The monoisotopic (exact) mass is 460 g/mol. The predicted octanol–water partition coefficient (Wildman–Crippen LogP) is 4.12. The molecule has 9 heteroatoms. The number of esters is 1. The van der Waals surface area contributed by atoms with E-state index in [-0.39, 0.29) is 6.04 Å². The van der Waals surface area contributed by atoms with Crippen LogP contribution < -0.4 is 0 Å². The molecular weight excluding hydrogens is 440 g/mol. The van der Waals surface area contributed by atoms with Gasteiger partial charge in [0, 0.05) is 18.8 Å². The van der Waals surface area contributed by atoms with E-state index in [4.69, 9.17) is 9.15 Å². The number of nitrogens with zero attached hydrogens (tertiary/aromatic N) is 4. The van der Waals surface area contributed by atoms with Crippen LogP contribution in [0.4, 0.5) is 0 Å². The van der Waals surface area contributed by atoms with Gasteiger partial charge in [0.1, 0.15) is 11.8 Å². The van der Waals surface area contributed by atoms with Gasteiger partial charge in [-0.3, -0.25) is 9.48 Å². The van der Waals surface area contributed by atoms with E-state index in [2.05, 4.69) is 10.2 Å². The number of ether oxygens (including phenoxy) is 1. The summed E-state index contributed by atoms with van der Waals surface area (Å²) in [5, 5.41) is 12.0. The van der Waals surface area contributed by atoms with Crippen molar-refractivity contribution in [2.45, 2.75) is 19.0 Å². The van der Waals surface area contributed by atoms with Gasteiger partial charge in [0.15, 0.2) is 6.61 Å². The number of aromatic nitrogens is 2. The van der Waals surface area contributed by atoms with Gasteiger partial charge in [0.2, 0.25) is 0 Å². The molecule has 0 radical (unpaired) electrons. The number of thiophene rings is 1. The van der Waals surface area contributed by atoms with Gasteiger partial charge < -0.3 is 9.15 Å². The van der Waals surface area contributed by atoms with Crippen molar-refractivity contribution in [1.82, 2.24) is 14.8 Å². The minimum atomic E-state index is -0.565. The number of benzene rings is 1. The zero-order chi connectivity index (χ0) is 22.6. The van der Waals surface area contributed by atoms with E-state index >= 15 is 0 Å². The molecule has 0 saturated carbocycles. The molecular formula is C24H20N4O4S. The molecule has 0 fully saturated rings. The first-order valence-electron chi connectivity index (χ1n) is 10.4. The highest BCUT2D eigenvalue weighted by Gasteiger charge is 2.35. The maximum atomic E-state index is 12.9. The van der Waals surface area contributed by atoms with Crippen LogP contribution in [0.1, 0.15) is 39.0 Å². The van der Waals surface area contributed by atoms with Crippen LogP contribution in [0.3, 0.4) is 0 Å². The summed E-state index contributed by atoms with van der Waals surface area (Å²) in [5.74, 6) is -0.338. The second-order valence-electron chi connectivity index (χ2n) is 7.47. The second-order valence-corrected chi connectivity index (χ2v) is 8.42. The molecule has 4 aromatic rings. The molecule has 0 spiro atoms. The van der Waals surface area contributed by atoms with Gasteiger partial charge in [-0.2, -0.15) is 10.2 Å². The number of furan rings is 1. The third-order valence-electron chi connectivity index (χ3n) is 5.26. The number of carbonyl (C=O) groups excluding carboxylic acids is 2. The molecule has 1 atom stereocenters. The lowest BCUT2D eigenvalue weighted by Crippen LogP contribution is -2.31. The summed E-state index contributed by atoms with van der Waals surface area (Å²) in [6.45, 7) is 0.195. The highest BCUT2D eigenvalue weighted by Crippen LogP contribution is 2.34. The van der Waals surface area contributed by atoms with Crippen LogP contribution in [0.15, 0.2) is 88.2 Å². The lowest BCUT2D eigenvalue weighted by molar-refractivity contribution is -0.136. The fourth-order valence-corrected chi connectivity index (χ4v) is 4.36. The molecule has 1 aromatic carbocycles. The Balaban J connectivity index is 1.24. The third-order valence-corrected chi connectivity index (χ3v) is 6.18.